The van der Waals surface area contributed by atoms with Crippen molar-refractivity contribution >= 4 is 22.7 Å². The average Bonchev–Trinajstić information content (AvgIpc) is 2.92. The normalized spacial score (nSPS) is 18.6. The summed E-state index contributed by atoms with van der Waals surface area (Å²) in [6, 6.07) is 3.70. The van der Waals surface area contributed by atoms with Crippen LogP contribution in [0.1, 0.15) is 6.42 Å². The summed E-state index contributed by atoms with van der Waals surface area (Å²) in [7, 11) is 0. The molecule has 2 N–H and O–H groups in total. The van der Waals surface area contributed by atoms with Gasteiger partial charge in [-0.05, 0) is 18.6 Å². The van der Waals surface area contributed by atoms with E-state index in [2.05, 4.69) is 26.4 Å². The maximum absolute atomic E-state index is 5.70. The Hall–Kier alpha value is -2.21. The largest absolute Gasteiger partial charge is 0.384 e. The first-order valence-corrected chi connectivity index (χ1v) is 6.62. The zero-order chi connectivity index (χ0) is 13.9. The van der Waals surface area contributed by atoms with E-state index in [0.717, 1.165) is 30.7 Å². The second-order valence-electron chi connectivity index (χ2n) is 4.78. The summed E-state index contributed by atoms with van der Waals surface area (Å²) < 4.78 is 5.70. The number of anilines is 2. The third-order valence-corrected chi connectivity index (χ3v) is 3.39. The van der Waals surface area contributed by atoms with Crippen molar-refractivity contribution in [3.8, 4) is 0 Å². The fraction of sp³-hybridized carbons (Fsp3) is 0.357. The van der Waals surface area contributed by atoms with Gasteiger partial charge in [0.25, 0.3) is 0 Å². The predicted molar refractivity (Wildman–Crippen MR) is 78.5 cm³/mol. The van der Waals surface area contributed by atoms with Gasteiger partial charge in [-0.25, -0.2) is 15.0 Å². The summed E-state index contributed by atoms with van der Waals surface area (Å²) in [5.74, 6) is 1.36. The van der Waals surface area contributed by atoms with E-state index < -0.39 is 0 Å². The number of nitrogens with zero attached hydrogens (tertiary/aromatic N) is 4. The Labute approximate surface area is 117 Å². The number of rotatable bonds is 4. The number of hydrogen-bond acceptors (Lipinski definition) is 6. The Morgan fingerprint density at radius 2 is 2.35 bits per heavy atom. The average molecular weight is 271 g/mol. The lowest BCUT2D eigenvalue weighted by Gasteiger charge is -2.18. The first-order valence-electron chi connectivity index (χ1n) is 6.62. The quantitative estimate of drug-likeness (QED) is 0.847. The molecule has 2 aromatic rings. The molecule has 0 aliphatic carbocycles. The van der Waals surface area contributed by atoms with Crippen molar-refractivity contribution in [2.45, 2.75) is 12.5 Å². The van der Waals surface area contributed by atoms with Gasteiger partial charge >= 0.3 is 0 Å². The molecule has 0 aromatic carbocycles. The maximum atomic E-state index is 5.70. The minimum Gasteiger partial charge on any atom is -0.384 e. The van der Waals surface area contributed by atoms with Crippen molar-refractivity contribution in [3.05, 3.63) is 31.1 Å². The molecule has 1 saturated heterocycles. The molecular formula is C14H17N5O. The highest BCUT2D eigenvalue weighted by atomic mass is 16.5. The molecule has 0 radical (unpaired) electrons. The van der Waals surface area contributed by atoms with Crippen molar-refractivity contribution in [2.75, 3.05) is 30.3 Å². The lowest BCUT2D eigenvalue weighted by Crippen LogP contribution is -2.24. The second-order valence-corrected chi connectivity index (χ2v) is 4.78. The van der Waals surface area contributed by atoms with Gasteiger partial charge in [0.15, 0.2) is 5.65 Å². The van der Waals surface area contributed by atoms with Crippen LogP contribution in [0.25, 0.3) is 11.0 Å². The van der Waals surface area contributed by atoms with E-state index in [-0.39, 0.29) is 6.10 Å². The zero-order valence-electron chi connectivity index (χ0n) is 11.2. The molecule has 0 bridgehead atoms. The Morgan fingerprint density at radius 1 is 1.45 bits per heavy atom. The highest BCUT2D eigenvalue weighted by Crippen LogP contribution is 2.26. The number of fused-ring (bicyclic) bond motifs is 1. The molecule has 6 nitrogen and oxygen atoms in total. The molecule has 1 atom stereocenters. The van der Waals surface area contributed by atoms with Crippen LogP contribution in [0.5, 0.6) is 0 Å². The monoisotopic (exact) mass is 271 g/mol. The lowest BCUT2D eigenvalue weighted by atomic mass is 10.3. The van der Waals surface area contributed by atoms with Crippen LogP contribution < -0.4 is 10.6 Å². The minimum atomic E-state index is 0.222. The molecule has 0 saturated carbocycles. The highest BCUT2D eigenvalue weighted by Gasteiger charge is 2.25. The first kappa shape index (κ1) is 12.8. The summed E-state index contributed by atoms with van der Waals surface area (Å²) in [5, 5.41) is 0.922. The fourth-order valence-corrected chi connectivity index (χ4v) is 2.46. The summed E-state index contributed by atoms with van der Waals surface area (Å²) in [5.41, 5.74) is 6.32. The van der Waals surface area contributed by atoms with Crippen LogP contribution in [0.15, 0.2) is 31.1 Å². The van der Waals surface area contributed by atoms with Crippen LogP contribution in [0.3, 0.4) is 0 Å². The Kier molecular flexibility index (Phi) is 3.47. The van der Waals surface area contributed by atoms with Crippen molar-refractivity contribution in [1.29, 1.82) is 0 Å². The third-order valence-electron chi connectivity index (χ3n) is 3.39. The molecule has 104 valence electrons. The molecule has 20 heavy (non-hydrogen) atoms. The molecular weight excluding hydrogens is 254 g/mol. The number of nitrogens with two attached hydrogens (primary N) is 1. The van der Waals surface area contributed by atoms with E-state index in [1.54, 1.807) is 12.1 Å². The molecule has 2 aromatic heterocycles. The van der Waals surface area contributed by atoms with Crippen LogP contribution in [0.4, 0.5) is 11.6 Å². The van der Waals surface area contributed by atoms with Crippen molar-refractivity contribution in [2.24, 2.45) is 0 Å². The second kappa shape index (κ2) is 5.42. The number of aromatic nitrogens is 3. The topological polar surface area (TPSA) is 77.2 Å². The van der Waals surface area contributed by atoms with Gasteiger partial charge in [-0.15, -0.1) is 6.58 Å². The van der Waals surface area contributed by atoms with E-state index in [0.29, 0.717) is 18.1 Å². The van der Waals surface area contributed by atoms with E-state index in [1.807, 2.05) is 6.07 Å². The number of nitrogen functional groups attached to an aromatic ring is 1. The van der Waals surface area contributed by atoms with Crippen LogP contribution in [0.2, 0.25) is 0 Å². The van der Waals surface area contributed by atoms with E-state index >= 15 is 0 Å². The molecule has 0 spiro atoms. The van der Waals surface area contributed by atoms with E-state index in [4.69, 9.17) is 10.5 Å². The molecule has 1 unspecified atom stereocenters. The van der Waals surface area contributed by atoms with Gasteiger partial charge < -0.3 is 15.4 Å². The van der Waals surface area contributed by atoms with Crippen molar-refractivity contribution in [3.63, 3.8) is 0 Å². The van der Waals surface area contributed by atoms with Gasteiger partial charge in [-0.1, -0.05) is 6.08 Å². The zero-order valence-corrected chi connectivity index (χ0v) is 11.2. The van der Waals surface area contributed by atoms with Gasteiger partial charge in [-0.3, -0.25) is 0 Å². The Bertz CT molecular complexity index is 630. The van der Waals surface area contributed by atoms with Crippen LogP contribution in [0, 0.1) is 0 Å². The minimum absolute atomic E-state index is 0.222. The standard InChI is InChI=1S/C14H17N5O/c1-2-7-20-10-5-6-19(8-10)14-11-3-4-12(15)18-13(11)16-9-17-14/h2-4,9-10H,1,5-8H2,(H2,15,16,17,18). The summed E-state index contributed by atoms with van der Waals surface area (Å²) >= 11 is 0. The van der Waals surface area contributed by atoms with Crippen LogP contribution >= 0.6 is 0 Å². The van der Waals surface area contributed by atoms with Crippen molar-refractivity contribution < 1.29 is 4.74 Å². The Morgan fingerprint density at radius 3 is 3.20 bits per heavy atom. The van der Waals surface area contributed by atoms with Crippen LogP contribution in [-0.2, 0) is 4.74 Å². The molecule has 1 aliphatic heterocycles. The molecule has 3 rings (SSSR count). The third kappa shape index (κ3) is 2.42. The van der Waals surface area contributed by atoms with E-state index in [1.165, 1.54) is 6.33 Å². The summed E-state index contributed by atoms with van der Waals surface area (Å²) in [6.07, 6.45) is 4.51. The Balaban J connectivity index is 1.86. The molecule has 3 heterocycles. The predicted octanol–water partition coefficient (Wildman–Crippen LogP) is 1.39. The molecule has 6 heteroatoms. The van der Waals surface area contributed by atoms with Crippen molar-refractivity contribution in [1.82, 2.24) is 15.0 Å². The molecule has 1 fully saturated rings. The highest BCUT2D eigenvalue weighted by molar-refractivity contribution is 5.87. The van der Waals surface area contributed by atoms with Crippen LogP contribution in [-0.4, -0.2) is 40.8 Å². The number of pyridine rings is 1. The fourth-order valence-electron chi connectivity index (χ4n) is 2.46. The van der Waals surface area contributed by atoms with E-state index in [9.17, 15) is 0 Å². The summed E-state index contributed by atoms with van der Waals surface area (Å²) in [4.78, 5) is 15.0. The maximum Gasteiger partial charge on any atom is 0.166 e. The van der Waals surface area contributed by atoms with Gasteiger partial charge in [0.2, 0.25) is 0 Å². The molecule has 0 amide bonds. The number of ether oxygens (including phenoxy) is 1. The smallest absolute Gasteiger partial charge is 0.166 e. The van der Waals surface area contributed by atoms with Gasteiger partial charge in [-0.2, -0.15) is 0 Å². The van der Waals surface area contributed by atoms with Gasteiger partial charge in [0.1, 0.15) is 18.0 Å². The number of hydrogen-bond donors (Lipinski definition) is 1. The SMILES string of the molecule is C=CCOC1CCN(c2ncnc3nc(N)ccc23)C1. The van der Waals surface area contributed by atoms with Gasteiger partial charge in [0, 0.05) is 13.1 Å². The first-order chi connectivity index (χ1) is 9.78. The summed E-state index contributed by atoms with van der Waals surface area (Å²) in [6.45, 7) is 5.99. The van der Waals surface area contributed by atoms with Gasteiger partial charge in [0.05, 0.1) is 18.1 Å². The molecule has 1 aliphatic rings. The lowest BCUT2D eigenvalue weighted by molar-refractivity contribution is 0.0909.